The van der Waals surface area contributed by atoms with Gasteiger partial charge in [-0.15, -0.1) is 0 Å². The van der Waals surface area contributed by atoms with E-state index in [0.717, 1.165) is 48.4 Å². The number of aliphatic hydroxyl groups excluding tert-OH is 1. The standard InChI is InChI=1S/C26H32N4O3/c1-2-8-29-23(32)21-22(28(9-10-31)25(29)33)27-24(30(21)16-17-6-4-3-5-7-17)26-13-18-11-19(14-26)20(12-18)15-26/h3-7,18-20,31H,2,8-16H2,1H3. The summed E-state index contributed by atoms with van der Waals surface area (Å²) in [4.78, 5) is 32.0. The zero-order valence-corrected chi connectivity index (χ0v) is 19.2. The summed E-state index contributed by atoms with van der Waals surface area (Å²) in [5.74, 6) is 3.27. The molecule has 1 aromatic carbocycles. The fourth-order valence-electron chi connectivity index (χ4n) is 7.42. The minimum absolute atomic E-state index is 0.00752. The first-order valence-corrected chi connectivity index (χ1v) is 12.4. The van der Waals surface area contributed by atoms with E-state index in [-0.39, 0.29) is 29.8 Å². The van der Waals surface area contributed by atoms with Crippen molar-refractivity contribution in [2.45, 2.75) is 70.5 Å². The molecule has 4 aliphatic rings. The van der Waals surface area contributed by atoms with Crippen molar-refractivity contribution in [2.75, 3.05) is 6.61 Å². The number of aromatic nitrogens is 4. The zero-order chi connectivity index (χ0) is 22.7. The third-order valence-electron chi connectivity index (χ3n) is 8.47. The van der Waals surface area contributed by atoms with Crippen molar-refractivity contribution in [3.63, 3.8) is 0 Å². The highest BCUT2D eigenvalue weighted by Gasteiger charge is 2.58. The first kappa shape index (κ1) is 20.9. The Bertz CT molecular complexity index is 1300. The molecule has 7 rings (SSSR count). The molecule has 7 heteroatoms. The second-order valence-electron chi connectivity index (χ2n) is 10.5. The average Bonchev–Trinajstić information content (AvgIpc) is 3.40. The molecule has 174 valence electrons. The summed E-state index contributed by atoms with van der Waals surface area (Å²) in [5.41, 5.74) is 1.43. The Kier molecular flexibility index (Phi) is 4.87. The van der Waals surface area contributed by atoms with Crippen molar-refractivity contribution in [3.05, 3.63) is 62.6 Å². The molecule has 1 N–H and O–H groups in total. The quantitative estimate of drug-likeness (QED) is 0.603. The Morgan fingerprint density at radius 2 is 1.73 bits per heavy atom. The van der Waals surface area contributed by atoms with Crippen LogP contribution in [-0.2, 0) is 25.0 Å². The Labute approximate surface area is 192 Å². The molecule has 0 spiro atoms. The second kappa shape index (κ2) is 7.69. The van der Waals surface area contributed by atoms with Gasteiger partial charge < -0.3 is 9.67 Å². The van der Waals surface area contributed by atoms with Crippen LogP contribution in [0.25, 0.3) is 11.2 Å². The zero-order valence-electron chi connectivity index (χ0n) is 19.2. The number of imidazole rings is 1. The topological polar surface area (TPSA) is 82.1 Å². The Morgan fingerprint density at radius 1 is 1.00 bits per heavy atom. The summed E-state index contributed by atoms with van der Waals surface area (Å²) in [6, 6.07) is 10.2. The van der Waals surface area contributed by atoms with Crippen LogP contribution >= 0.6 is 0 Å². The van der Waals surface area contributed by atoms with Gasteiger partial charge in [0.15, 0.2) is 11.2 Å². The van der Waals surface area contributed by atoms with Crippen LogP contribution in [0.4, 0.5) is 0 Å². The van der Waals surface area contributed by atoms with Crippen LogP contribution in [0.15, 0.2) is 39.9 Å². The molecule has 33 heavy (non-hydrogen) atoms. The van der Waals surface area contributed by atoms with Crippen molar-refractivity contribution in [3.8, 4) is 0 Å². The van der Waals surface area contributed by atoms with Crippen molar-refractivity contribution in [2.24, 2.45) is 17.8 Å². The van der Waals surface area contributed by atoms with Gasteiger partial charge in [-0.2, -0.15) is 0 Å². The minimum Gasteiger partial charge on any atom is -0.395 e. The Balaban J connectivity index is 1.64. The van der Waals surface area contributed by atoms with Crippen molar-refractivity contribution < 1.29 is 5.11 Å². The molecule has 3 aromatic rings. The van der Waals surface area contributed by atoms with Crippen molar-refractivity contribution in [1.82, 2.24) is 18.7 Å². The van der Waals surface area contributed by atoms with Crippen LogP contribution in [0, 0.1) is 17.8 Å². The fourth-order valence-corrected chi connectivity index (χ4v) is 7.42. The highest BCUT2D eigenvalue weighted by Crippen LogP contribution is 2.64. The summed E-state index contributed by atoms with van der Waals surface area (Å²) in [5, 5.41) is 9.72. The smallest absolute Gasteiger partial charge is 0.332 e. The number of hydrogen-bond donors (Lipinski definition) is 1. The Hall–Kier alpha value is -2.67. The van der Waals surface area contributed by atoms with Crippen LogP contribution in [0.2, 0.25) is 0 Å². The van der Waals surface area contributed by atoms with Gasteiger partial charge in [0, 0.05) is 18.5 Å². The summed E-state index contributed by atoms with van der Waals surface area (Å²) < 4.78 is 4.97. The summed E-state index contributed by atoms with van der Waals surface area (Å²) in [6.07, 6.45) is 6.77. The summed E-state index contributed by atoms with van der Waals surface area (Å²) in [6.45, 7) is 2.86. The molecule has 2 aromatic heterocycles. The molecule has 4 bridgehead atoms. The van der Waals surface area contributed by atoms with Crippen LogP contribution in [0.5, 0.6) is 0 Å². The van der Waals surface area contributed by atoms with Gasteiger partial charge in [-0.1, -0.05) is 37.3 Å². The lowest BCUT2D eigenvalue weighted by atomic mass is 9.69. The molecule has 0 saturated heterocycles. The van der Waals surface area contributed by atoms with Crippen molar-refractivity contribution >= 4 is 11.2 Å². The molecule has 2 heterocycles. The van der Waals surface area contributed by atoms with E-state index in [4.69, 9.17) is 4.98 Å². The number of aliphatic hydroxyl groups is 1. The van der Waals surface area contributed by atoms with E-state index in [2.05, 4.69) is 16.7 Å². The summed E-state index contributed by atoms with van der Waals surface area (Å²) >= 11 is 0. The van der Waals surface area contributed by atoms with Gasteiger partial charge in [-0.3, -0.25) is 13.9 Å². The number of nitrogens with zero attached hydrogens (tertiary/aromatic N) is 4. The molecule has 0 aliphatic heterocycles. The number of rotatable bonds is 7. The van der Waals surface area contributed by atoms with Crippen LogP contribution < -0.4 is 11.2 Å². The van der Waals surface area contributed by atoms with Gasteiger partial charge in [0.2, 0.25) is 0 Å². The maximum absolute atomic E-state index is 13.7. The predicted molar refractivity (Wildman–Crippen MR) is 126 cm³/mol. The molecule has 2 unspecified atom stereocenters. The molecule has 0 radical (unpaired) electrons. The Morgan fingerprint density at radius 3 is 2.36 bits per heavy atom. The lowest BCUT2D eigenvalue weighted by Gasteiger charge is -2.38. The predicted octanol–water partition coefficient (Wildman–Crippen LogP) is 2.89. The molecule has 0 amide bonds. The van der Waals surface area contributed by atoms with Gasteiger partial charge in [-0.25, -0.2) is 9.78 Å². The summed E-state index contributed by atoms with van der Waals surface area (Å²) in [7, 11) is 0. The highest BCUT2D eigenvalue weighted by atomic mass is 16.3. The number of fused-ring (bicyclic) bond motifs is 1. The molecule has 4 saturated carbocycles. The second-order valence-corrected chi connectivity index (χ2v) is 10.5. The van der Waals surface area contributed by atoms with Gasteiger partial charge in [0.05, 0.1) is 13.2 Å². The minimum atomic E-state index is -0.368. The van der Waals surface area contributed by atoms with Gasteiger partial charge in [-0.05, 0) is 61.8 Å². The largest absolute Gasteiger partial charge is 0.395 e. The first-order chi connectivity index (χ1) is 16.0. The van der Waals surface area contributed by atoms with E-state index < -0.39 is 0 Å². The van der Waals surface area contributed by atoms with E-state index in [0.29, 0.717) is 30.7 Å². The molecule has 4 aliphatic carbocycles. The average molecular weight is 449 g/mol. The maximum Gasteiger partial charge on any atom is 0.332 e. The lowest BCUT2D eigenvalue weighted by Crippen LogP contribution is -2.41. The van der Waals surface area contributed by atoms with Gasteiger partial charge >= 0.3 is 5.69 Å². The normalized spacial score (nSPS) is 27.8. The first-order valence-electron chi connectivity index (χ1n) is 12.4. The molecular formula is C26H32N4O3. The third kappa shape index (κ3) is 3.08. The molecular weight excluding hydrogens is 416 g/mol. The number of benzene rings is 1. The molecule has 7 nitrogen and oxygen atoms in total. The van der Waals surface area contributed by atoms with E-state index in [1.807, 2.05) is 25.1 Å². The van der Waals surface area contributed by atoms with Gasteiger partial charge in [0.25, 0.3) is 5.56 Å². The van der Waals surface area contributed by atoms with Gasteiger partial charge in [0.1, 0.15) is 5.82 Å². The highest BCUT2D eigenvalue weighted by molar-refractivity contribution is 5.72. The maximum atomic E-state index is 13.7. The fraction of sp³-hybridized carbons (Fsp3) is 0.577. The van der Waals surface area contributed by atoms with Crippen LogP contribution in [0.1, 0.15) is 56.8 Å². The van der Waals surface area contributed by atoms with E-state index >= 15 is 0 Å². The monoisotopic (exact) mass is 448 g/mol. The van der Waals surface area contributed by atoms with Crippen LogP contribution in [-0.4, -0.2) is 30.4 Å². The van der Waals surface area contributed by atoms with E-state index in [1.54, 1.807) is 0 Å². The molecule has 4 fully saturated rings. The molecule has 2 atom stereocenters. The van der Waals surface area contributed by atoms with Crippen molar-refractivity contribution in [1.29, 1.82) is 0 Å². The number of hydrogen-bond acceptors (Lipinski definition) is 4. The van der Waals surface area contributed by atoms with Crippen LogP contribution in [0.3, 0.4) is 0 Å². The van der Waals surface area contributed by atoms with E-state index in [9.17, 15) is 14.7 Å². The third-order valence-corrected chi connectivity index (χ3v) is 8.47. The lowest BCUT2D eigenvalue weighted by molar-refractivity contribution is 0.214. The van der Waals surface area contributed by atoms with E-state index in [1.165, 1.54) is 22.0 Å². The SMILES string of the molecule is CCCn1c(=O)c2c(nc(C34CC5CC(C3)C(C5)C4)n2Cc2ccccc2)n(CCO)c1=O.